The van der Waals surface area contributed by atoms with E-state index in [0.717, 1.165) is 42.4 Å². The molecule has 0 aromatic rings. The average molecular weight is 399 g/mol. The number of fused-ring (bicyclic) bond motifs is 5. The lowest BCUT2D eigenvalue weighted by molar-refractivity contribution is -0.0540. The minimum atomic E-state index is -0.0866. The third-order valence-corrected chi connectivity index (χ3v) is 10.6. The minimum absolute atomic E-state index is 0.0866. The highest BCUT2D eigenvalue weighted by Crippen LogP contribution is 2.67. The average Bonchev–Trinajstić information content (AvgIpc) is 3.03. The summed E-state index contributed by atoms with van der Waals surface area (Å²) in [6, 6.07) is 0. The van der Waals surface area contributed by atoms with Gasteiger partial charge in [-0.1, -0.05) is 65.3 Å². The van der Waals surface area contributed by atoms with Gasteiger partial charge in [-0.2, -0.15) is 0 Å². The van der Waals surface area contributed by atoms with Gasteiger partial charge in [0.2, 0.25) is 0 Å². The van der Waals surface area contributed by atoms with Gasteiger partial charge in [0.15, 0.2) is 0 Å². The van der Waals surface area contributed by atoms with Crippen molar-refractivity contribution in [1.29, 1.82) is 0 Å². The first-order chi connectivity index (χ1) is 13.7. The molecule has 0 aromatic heterocycles. The van der Waals surface area contributed by atoms with Crippen molar-refractivity contribution in [3.63, 3.8) is 0 Å². The number of rotatable bonds is 4. The van der Waals surface area contributed by atoms with Crippen LogP contribution in [0.15, 0.2) is 23.8 Å². The fourth-order valence-electron chi connectivity index (χ4n) is 8.25. The molecule has 0 saturated heterocycles. The van der Waals surface area contributed by atoms with Crippen LogP contribution in [-0.2, 0) is 0 Å². The molecule has 4 rings (SSSR count). The number of allylic oxidation sites excluding steroid dienone is 3. The SMILES string of the molecule is CC(C)[C@@H](C)/C=C\[C@@H](C)[C@H]1CC[C@@H]2[C@H]3CC=C4C[C@@H](O)CC[C@]4(C)[C@@H]3CC[C@@]21C. The molecule has 0 aliphatic heterocycles. The predicted octanol–water partition coefficient (Wildman–Crippen LogP) is 7.41. The molecule has 0 bridgehead atoms. The van der Waals surface area contributed by atoms with Crippen molar-refractivity contribution in [2.45, 2.75) is 99.0 Å². The minimum Gasteiger partial charge on any atom is -0.393 e. The number of aliphatic hydroxyl groups excluding tert-OH is 1. The molecule has 164 valence electrons. The van der Waals surface area contributed by atoms with Gasteiger partial charge in [0.1, 0.15) is 0 Å². The third kappa shape index (κ3) is 3.58. The second-order valence-electron chi connectivity index (χ2n) is 12.2. The van der Waals surface area contributed by atoms with Gasteiger partial charge in [-0.15, -0.1) is 0 Å². The van der Waals surface area contributed by atoms with Gasteiger partial charge in [0.05, 0.1) is 6.10 Å². The molecule has 0 heterocycles. The second kappa shape index (κ2) is 7.85. The highest BCUT2D eigenvalue weighted by atomic mass is 16.3. The van der Waals surface area contributed by atoms with Crippen molar-refractivity contribution in [2.75, 3.05) is 0 Å². The van der Waals surface area contributed by atoms with Crippen LogP contribution < -0.4 is 0 Å². The Balaban J connectivity index is 1.53. The van der Waals surface area contributed by atoms with Gasteiger partial charge in [0.25, 0.3) is 0 Å². The van der Waals surface area contributed by atoms with Crippen LogP contribution in [0, 0.1) is 52.3 Å². The molecule has 29 heavy (non-hydrogen) atoms. The van der Waals surface area contributed by atoms with E-state index >= 15 is 0 Å². The lowest BCUT2D eigenvalue weighted by Gasteiger charge is -2.58. The molecule has 1 nitrogen and oxygen atoms in total. The molecule has 0 unspecified atom stereocenters. The Hall–Kier alpha value is -0.560. The first kappa shape index (κ1) is 21.7. The zero-order valence-corrected chi connectivity index (χ0v) is 20.0. The molecule has 3 saturated carbocycles. The largest absolute Gasteiger partial charge is 0.393 e. The first-order valence-corrected chi connectivity index (χ1v) is 12.7. The Morgan fingerprint density at radius 2 is 1.72 bits per heavy atom. The van der Waals surface area contributed by atoms with Crippen molar-refractivity contribution < 1.29 is 5.11 Å². The van der Waals surface area contributed by atoms with E-state index in [0.29, 0.717) is 22.7 Å². The lowest BCUT2D eigenvalue weighted by Crippen LogP contribution is -2.50. The lowest BCUT2D eigenvalue weighted by atomic mass is 9.47. The fraction of sp³-hybridized carbons (Fsp3) is 0.857. The number of aliphatic hydroxyl groups is 1. The molecule has 4 aliphatic rings. The van der Waals surface area contributed by atoms with Crippen molar-refractivity contribution in [1.82, 2.24) is 0 Å². The number of hydrogen-bond acceptors (Lipinski definition) is 1. The van der Waals surface area contributed by atoms with E-state index in [9.17, 15) is 5.11 Å². The standard InChI is InChI=1S/C28H46O/c1-18(2)19(3)7-8-20(4)24-11-12-25-23-10-9-21-17-22(29)13-15-27(21,5)26(23)14-16-28(24,25)6/h7-9,18-20,22-26,29H,10-17H2,1-6H3/b8-7-/t19-,20+,22-,23+,24+,25+,26+,27-,28+/m0/s1. The third-order valence-electron chi connectivity index (χ3n) is 10.6. The summed E-state index contributed by atoms with van der Waals surface area (Å²) < 4.78 is 0. The molecule has 0 amide bonds. The Morgan fingerprint density at radius 3 is 2.45 bits per heavy atom. The normalized spacial score (nSPS) is 46.8. The summed E-state index contributed by atoms with van der Waals surface area (Å²) in [6.45, 7) is 14.7. The highest BCUT2D eigenvalue weighted by Gasteiger charge is 2.58. The van der Waals surface area contributed by atoms with Crippen molar-refractivity contribution in [3.8, 4) is 0 Å². The molecule has 4 aliphatic carbocycles. The summed E-state index contributed by atoms with van der Waals surface area (Å²) in [4.78, 5) is 0. The van der Waals surface area contributed by atoms with E-state index in [1.54, 1.807) is 5.57 Å². The molecule has 0 spiro atoms. The molecular formula is C28H46O. The Bertz CT molecular complexity index is 659. The Morgan fingerprint density at radius 1 is 0.966 bits per heavy atom. The van der Waals surface area contributed by atoms with Gasteiger partial charge in [0, 0.05) is 0 Å². The molecular weight excluding hydrogens is 352 g/mol. The van der Waals surface area contributed by atoms with Crippen LogP contribution in [0.25, 0.3) is 0 Å². The molecule has 0 radical (unpaired) electrons. The monoisotopic (exact) mass is 398 g/mol. The maximum atomic E-state index is 10.2. The van der Waals surface area contributed by atoms with Crippen LogP contribution in [0.2, 0.25) is 0 Å². The van der Waals surface area contributed by atoms with Gasteiger partial charge in [-0.05, 0) is 104 Å². The summed E-state index contributed by atoms with van der Waals surface area (Å²) in [5.74, 6) is 5.63. The fourth-order valence-corrected chi connectivity index (χ4v) is 8.25. The smallest absolute Gasteiger partial charge is 0.0577 e. The van der Waals surface area contributed by atoms with Crippen LogP contribution in [-0.4, -0.2) is 11.2 Å². The first-order valence-electron chi connectivity index (χ1n) is 12.7. The van der Waals surface area contributed by atoms with Crippen LogP contribution in [0.1, 0.15) is 92.9 Å². The summed E-state index contributed by atoms with van der Waals surface area (Å²) in [7, 11) is 0. The van der Waals surface area contributed by atoms with E-state index in [1.807, 2.05) is 0 Å². The van der Waals surface area contributed by atoms with Gasteiger partial charge >= 0.3 is 0 Å². The molecule has 1 heteroatoms. The van der Waals surface area contributed by atoms with E-state index in [2.05, 4.69) is 59.8 Å². The van der Waals surface area contributed by atoms with Gasteiger partial charge in [-0.25, -0.2) is 0 Å². The topological polar surface area (TPSA) is 20.2 Å². The quantitative estimate of drug-likeness (QED) is 0.489. The highest BCUT2D eigenvalue weighted by molar-refractivity contribution is 5.25. The molecule has 0 aromatic carbocycles. The van der Waals surface area contributed by atoms with E-state index < -0.39 is 0 Å². The zero-order valence-electron chi connectivity index (χ0n) is 20.0. The summed E-state index contributed by atoms with van der Waals surface area (Å²) in [6.07, 6.45) is 17.7. The predicted molar refractivity (Wildman–Crippen MR) is 124 cm³/mol. The van der Waals surface area contributed by atoms with E-state index in [1.165, 1.54) is 38.5 Å². The van der Waals surface area contributed by atoms with E-state index in [-0.39, 0.29) is 6.10 Å². The summed E-state index contributed by atoms with van der Waals surface area (Å²) in [5.41, 5.74) is 2.51. The zero-order chi connectivity index (χ0) is 21.0. The van der Waals surface area contributed by atoms with Crippen LogP contribution in [0.5, 0.6) is 0 Å². The van der Waals surface area contributed by atoms with Gasteiger partial charge < -0.3 is 5.11 Å². The number of hydrogen-bond donors (Lipinski definition) is 1. The van der Waals surface area contributed by atoms with Gasteiger partial charge in [-0.3, -0.25) is 0 Å². The van der Waals surface area contributed by atoms with Crippen molar-refractivity contribution >= 4 is 0 Å². The Labute approximate surface area is 180 Å². The summed E-state index contributed by atoms with van der Waals surface area (Å²) in [5, 5.41) is 10.2. The van der Waals surface area contributed by atoms with E-state index in [4.69, 9.17) is 0 Å². The maximum Gasteiger partial charge on any atom is 0.0577 e. The molecule has 1 N–H and O–H groups in total. The molecule has 3 fully saturated rings. The second-order valence-corrected chi connectivity index (χ2v) is 12.2. The van der Waals surface area contributed by atoms with Crippen molar-refractivity contribution in [2.24, 2.45) is 52.3 Å². The molecule has 9 atom stereocenters. The van der Waals surface area contributed by atoms with Crippen LogP contribution in [0.4, 0.5) is 0 Å². The van der Waals surface area contributed by atoms with Crippen LogP contribution in [0.3, 0.4) is 0 Å². The summed E-state index contributed by atoms with van der Waals surface area (Å²) >= 11 is 0. The van der Waals surface area contributed by atoms with Crippen molar-refractivity contribution in [3.05, 3.63) is 23.8 Å². The maximum absolute atomic E-state index is 10.2. The Kier molecular flexibility index (Phi) is 5.86. The van der Waals surface area contributed by atoms with Crippen LogP contribution >= 0.6 is 0 Å².